The van der Waals surface area contributed by atoms with Gasteiger partial charge in [0.25, 0.3) is 0 Å². The summed E-state index contributed by atoms with van der Waals surface area (Å²) >= 11 is -3.18. The maximum Gasteiger partial charge on any atom is -0.147 e. The zero-order chi connectivity index (χ0) is 17.1. The predicted molar refractivity (Wildman–Crippen MR) is 120 cm³/mol. The first-order valence-corrected chi connectivity index (χ1v) is 22.2. The first-order chi connectivity index (χ1) is 11.3. The van der Waals surface area contributed by atoms with E-state index in [1.807, 2.05) is 0 Å². The summed E-state index contributed by atoms with van der Waals surface area (Å²) in [5, 5.41) is 0. The Kier molecular flexibility index (Phi) is 6.07. The molecule has 0 nitrogen and oxygen atoms in total. The summed E-state index contributed by atoms with van der Waals surface area (Å²) in [6.07, 6.45) is 5.86. The average molecular weight is 483 g/mol. The minimum Gasteiger partial charge on any atom is -0.147 e. The fourth-order valence-corrected chi connectivity index (χ4v) is 23.1. The molecule has 0 saturated carbocycles. The van der Waals surface area contributed by atoms with Gasteiger partial charge < -0.3 is 0 Å². The van der Waals surface area contributed by atoms with Crippen molar-refractivity contribution in [2.24, 2.45) is 5.92 Å². The molecule has 0 amide bonds. The van der Waals surface area contributed by atoms with E-state index in [1.54, 1.807) is 12.1 Å². The number of halogens is 2. The Bertz CT molecular complexity index is 995. The molecular weight excluding hydrogens is 454 g/mol. The monoisotopic (exact) mass is 480 g/mol. The smallest absolute Gasteiger partial charge is 0.147 e. The van der Waals surface area contributed by atoms with Crippen molar-refractivity contribution in [3.05, 3.63) is 74.6 Å². The van der Waals surface area contributed by atoms with Gasteiger partial charge in [0, 0.05) is 0 Å². The zero-order valence-electron chi connectivity index (χ0n) is 16.0. The Balaban J connectivity index is 0.00000121. The normalized spacial score (nSPS) is 18.1. The van der Waals surface area contributed by atoms with E-state index in [4.69, 9.17) is 0 Å². The van der Waals surface area contributed by atoms with Crippen LogP contribution in [0.2, 0.25) is 9.26 Å². The molecule has 26 heavy (non-hydrogen) atoms. The number of allylic oxidation sites excluding steroid dienone is 4. The van der Waals surface area contributed by atoms with Crippen molar-refractivity contribution in [1.29, 1.82) is 0 Å². The van der Waals surface area contributed by atoms with Gasteiger partial charge in [-0.3, -0.25) is 0 Å². The van der Waals surface area contributed by atoms with Gasteiger partial charge in [0.05, 0.1) is 0 Å². The van der Waals surface area contributed by atoms with Crippen molar-refractivity contribution >= 4 is 35.0 Å². The van der Waals surface area contributed by atoms with Gasteiger partial charge in [0.2, 0.25) is 0 Å². The summed E-state index contributed by atoms with van der Waals surface area (Å²) in [6, 6.07) is 16.0. The largest absolute Gasteiger partial charge is 0.147 e. The molecule has 1 unspecified atom stereocenters. The number of hydrogen-bond acceptors (Lipinski definition) is 0. The number of fused-ring (bicyclic) bond motifs is 3. The Morgan fingerprint density at radius 3 is 2.27 bits per heavy atom. The second-order valence-electron chi connectivity index (χ2n) is 8.60. The second kappa shape index (κ2) is 7.21. The molecule has 4 heteroatoms. The van der Waals surface area contributed by atoms with Crippen molar-refractivity contribution in [1.82, 2.24) is 0 Å². The molecule has 2 aromatic rings. The summed E-state index contributed by atoms with van der Waals surface area (Å²) < 4.78 is 8.76. The van der Waals surface area contributed by atoms with Crippen LogP contribution in [0.25, 0.3) is 11.1 Å². The maximum atomic E-state index is 2.64. The zero-order valence-corrected chi connectivity index (χ0v) is 21.5. The molecule has 4 rings (SSSR count). The van der Waals surface area contributed by atoms with E-state index in [0.29, 0.717) is 5.92 Å². The summed E-state index contributed by atoms with van der Waals surface area (Å²) in [7, 11) is 0. The Morgan fingerprint density at radius 1 is 0.962 bits per heavy atom. The molecule has 2 aliphatic carbocycles. The van der Waals surface area contributed by atoms with Crippen molar-refractivity contribution in [3.8, 4) is 11.1 Å². The average Bonchev–Trinajstić information content (AvgIpc) is 3.07. The topological polar surface area (TPSA) is 0 Å². The number of hydrogen-bond donors (Lipinski definition) is 0. The molecule has 0 aliphatic heterocycles. The quantitative estimate of drug-likeness (QED) is 0.421. The summed E-state index contributed by atoms with van der Waals surface area (Å²) in [5.41, 5.74) is 7.57. The van der Waals surface area contributed by atoms with Gasteiger partial charge >= 0.3 is 149 Å². The van der Waals surface area contributed by atoms with E-state index in [1.165, 1.54) is 22.3 Å². The first-order valence-electron chi connectivity index (χ1n) is 8.95. The molecule has 0 radical (unpaired) electrons. The molecule has 0 bridgehead atoms. The minimum atomic E-state index is -3.18. The SMILES string of the molecule is CC1=[C]([Zr]([CH3])([CH3])(=[SiH2])[c]2cccc3c2Cc2ccccc2-3)C(C)C=C1.Cl.Cl. The van der Waals surface area contributed by atoms with E-state index in [2.05, 4.69) is 84.6 Å². The van der Waals surface area contributed by atoms with Gasteiger partial charge in [-0.1, -0.05) is 0 Å². The van der Waals surface area contributed by atoms with Crippen LogP contribution in [0, 0.1) is 5.92 Å². The molecular formula is C22H28Cl2SiZr. The fraction of sp³-hybridized carbons (Fsp3) is 0.273. The van der Waals surface area contributed by atoms with Gasteiger partial charge in [0.1, 0.15) is 0 Å². The Morgan fingerprint density at radius 2 is 1.62 bits per heavy atom. The molecule has 2 aliphatic rings. The fourth-order valence-electron chi connectivity index (χ4n) is 5.25. The standard InChI is InChI=1S/C13H9.C7H9.2CH3.2ClH.H2Si.Zr/c1-3-7-12-10(5-1)9-11-6-2-4-8-13(11)12;1-6-3-4-7(2)5-6;;;;;;/h1-5,7-8H,9H2;3-4,6H,1-2H3;2*1H3;2*1H;1H2;. The molecule has 0 N–H and O–H groups in total. The van der Waals surface area contributed by atoms with Crippen LogP contribution >= 0.6 is 24.8 Å². The molecule has 0 heterocycles. The van der Waals surface area contributed by atoms with E-state index in [9.17, 15) is 0 Å². The van der Waals surface area contributed by atoms with Crippen LogP contribution in [-0.4, -0.2) is 6.88 Å². The van der Waals surface area contributed by atoms with Gasteiger partial charge in [-0.25, -0.2) is 0 Å². The third-order valence-electron chi connectivity index (χ3n) is 6.09. The van der Waals surface area contributed by atoms with Crippen molar-refractivity contribution < 1.29 is 17.4 Å². The van der Waals surface area contributed by atoms with Gasteiger partial charge in [0.15, 0.2) is 0 Å². The minimum absolute atomic E-state index is 0. The van der Waals surface area contributed by atoms with E-state index in [-0.39, 0.29) is 24.8 Å². The van der Waals surface area contributed by atoms with Crippen LogP contribution < -0.4 is 3.27 Å². The Hall–Kier alpha value is -0.400. The summed E-state index contributed by atoms with van der Waals surface area (Å²) in [5.74, 6) is 0.600. The number of benzene rings is 2. The van der Waals surface area contributed by atoms with Crippen molar-refractivity contribution in [3.63, 3.8) is 0 Å². The first kappa shape index (κ1) is 21.9. The van der Waals surface area contributed by atoms with Crippen LogP contribution in [0.4, 0.5) is 0 Å². The molecule has 1 atom stereocenters. The van der Waals surface area contributed by atoms with E-state index < -0.39 is 17.4 Å². The molecule has 138 valence electrons. The van der Waals surface area contributed by atoms with Crippen LogP contribution in [0.5, 0.6) is 0 Å². The van der Waals surface area contributed by atoms with Crippen LogP contribution in [0.1, 0.15) is 25.0 Å². The van der Waals surface area contributed by atoms with Gasteiger partial charge in [-0.05, 0) is 0 Å². The maximum absolute atomic E-state index is 3.18. The van der Waals surface area contributed by atoms with Crippen LogP contribution in [0.15, 0.2) is 63.5 Å². The molecule has 0 spiro atoms. The molecule has 0 aromatic heterocycles. The van der Waals surface area contributed by atoms with E-state index in [0.717, 1.165) is 6.42 Å². The second-order valence-corrected chi connectivity index (χ2v) is 37.0. The molecule has 2 aromatic carbocycles. The third kappa shape index (κ3) is 3.18. The van der Waals surface area contributed by atoms with E-state index >= 15 is 0 Å². The molecule has 0 fully saturated rings. The summed E-state index contributed by atoms with van der Waals surface area (Å²) in [4.78, 5) is 0. The van der Waals surface area contributed by atoms with Crippen molar-refractivity contribution in [2.45, 2.75) is 29.5 Å². The van der Waals surface area contributed by atoms with Crippen molar-refractivity contribution in [2.75, 3.05) is 0 Å². The summed E-state index contributed by atoms with van der Waals surface area (Å²) in [6.45, 7) is 7.07. The molecule has 0 saturated heterocycles. The van der Waals surface area contributed by atoms with Crippen LogP contribution in [-0.2, 0) is 23.8 Å². The van der Waals surface area contributed by atoms with Crippen LogP contribution in [0.3, 0.4) is 0 Å². The predicted octanol–water partition coefficient (Wildman–Crippen LogP) is 5.54. The van der Waals surface area contributed by atoms with Gasteiger partial charge in [-0.15, -0.1) is 24.8 Å². The Labute approximate surface area is 172 Å². The number of rotatable bonds is 2. The third-order valence-corrected chi connectivity index (χ3v) is 22.3. The van der Waals surface area contributed by atoms with Gasteiger partial charge in [-0.2, -0.15) is 0 Å².